The number of aliphatic hydroxyl groups is 2. The molecule has 0 aliphatic carbocycles. The predicted molar refractivity (Wildman–Crippen MR) is 129 cm³/mol. The van der Waals surface area contributed by atoms with Crippen molar-refractivity contribution in [1.82, 2.24) is 24.8 Å². The third-order valence-electron chi connectivity index (χ3n) is 5.07. The van der Waals surface area contributed by atoms with Crippen molar-refractivity contribution in [2.45, 2.75) is 26.0 Å². The SMILES string of the molecule is CCCOCCn1c(=O)c(NCCNC[C@H](O)CO)nc2cnc(-c3ccc(OC)nc3)cc21. The lowest BCUT2D eigenvalue weighted by Gasteiger charge is -2.15. The molecule has 0 bridgehead atoms. The number of nitrogens with one attached hydrogen (secondary N) is 2. The van der Waals surface area contributed by atoms with Crippen molar-refractivity contribution in [2.75, 3.05) is 51.9 Å². The standard InChI is InChI=1S/C23H32N6O5/c1-3-9-34-10-8-29-20-11-18(16-4-5-21(33-2)27-12-16)26-14-19(20)28-22(23(29)32)25-7-6-24-13-17(31)15-30/h4-5,11-12,14,17,24,30-31H,3,6-10,13,15H2,1-2H3,(H,25,28)/t17-/m0/s1. The maximum atomic E-state index is 13.2. The van der Waals surface area contributed by atoms with Gasteiger partial charge < -0.3 is 34.9 Å². The highest BCUT2D eigenvalue weighted by atomic mass is 16.5. The molecule has 0 aliphatic rings. The first-order valence-corrected chi connectivity index (χ1v) is 11.3. The minimum atomic E-state index is -0.819. The number of aliphatic hydroxyl groups excluding tert-OH is 2. The van der Waals surface area contributed by atoms with E-state index < -0.39 is 6.10 Å². The lowest BCUT2D eigenvalue weighted by atomic mass is 10.2. The third kappa shape index (κ3) is 6.70. The lowest BCUT2D eigenvalue weighted by Crippen LogP contribution is -2.34. The first kappa shape index (κ1) is 25.5. The van der Waals surface area contributed by atoms with Crippen LogP contribution < -0.4 is 20.9 Å². The fourth-order valence-corrected chi connectivity index (χ4v) is 3.30. The molecule has 11 nitrogen and oxygen atoms in total. The molecule has 0 spiro atoms. The van der Waals surface area contributed by atoms with Crippen LogP contribution in [0.1, 0.15) is 13.3 Å². The molecule has 3 aromatic rings. The molecule has 0 aliphatic heterocycles. The van der Waals surface area contributed by atoms with Crippen molar-refractivity contribution >= 4 is 16.9 Å². The summed E-state index contributed by atoms with van der Waals surface area (Å²) >= 11 is 0. The van der Waals surface area contributed by atoms with Gasteiger partial charge in [-0.25, -0.2) is 9.97 Å². The summed E-state index contributed by atoms with van der Waals surface area (Å²) in [5, 5.41) is 24.3. The quantitative estimate of drug-likeness (QED) is 0.247. The predicted octanol–water partition coefficient (Wildman–Crippen LogP) is 0.643. The molecule has 11 heteroatoms. The number of fused-ring (bicyclic) bond motifs is 1. The molecule has 4 N–H and O–H groups in total. The maximum absolute atomic E-state index is 13.2. The second-order valence-corrected chi connectivity index (χ2v) is 7.64. The molecule has 34 heavy (non-hydrogen) atoms. The zero-order valence-electron chi connectivity index (χ0n) is 19.5. The first-order chi connectivity index (χ1) is 16.6. The Morgan fingerprint density at radius 1 is 1.18 bits per heavy atom. The van der Waals surface area contributed by atoms with Gasteiger partial charge in [-0.05, 0) is 18.6 Å². The van der Waals surface area contributed by atoms with Crippen LogP contribution in [0.25, 0.3) is 22.3 Å². The van der Waals surface area contributed by atoms with Gasteiger partial charge in [0.25, 0.3) is 5.56 Å². The van der Waals surface area contributed by atoms with E-state index in [0.29, 0.717) is 55.5 Å². The summed E-state index contributed by atoms with van der Waals surface area (Å²) in [6, 6.07) is 5.44. The van der Waals surface area contributed by atoms with Gasteiger partial charge in [0, 0.05) is 50.6 Å². The van der Waals surface area contributed by atoms with E-state index in [1.54, 1.807) is 30.1 Å². The summed E-state index contributed by atoms with van der Waals surface area (Å²) in [6.07, 6.45) is 3.39. The Morgan fingerprint density at radius 2 is 2.03 bits per heavy atom. The average molecular weight is 473 g/mol. The van der Waals surface area contributed by atoms with Crippen LogP contribution in [0.5, 0.6) is 5.88 Å². The smallest absolute Gasteiger partial charge is 0.293 e. The number of methoxy groups -OCH3 is 1. The van der Waals surface area contributed by atoms with Gasteiger partial charge in [0.2, 0.25) is 5.88 Å². The Hall–Kier alpha value is -3.12. The van der Waals surface area contributed by atoms with Gasteiger partial charge in [-0.2, -0.15) is 0 Å². The molecule has 0 unspecified atom stereocenters. The number of hydrogen-bond donors (Lipinski definition) is 4. The molecular weight excluding hydrogens is 440 g/mol. The highest BCUT2D eigenvalue weighted by molar-refractivity contribution is 5.80. The molecule has 3 aromatic heterocycles. The van der Waals surface area contributed by atoms with Crippen LogP contribution in [-0.2, 0) is 11.3 Å². The number of nitrogens with zero attached hydrogens (tertiary/aromatic N) is 4. The molecule has 1 atom stereocenters. The summed E-state index contributed by atoms with van der Waals surface area (Å²) < 4.78 is 12.4. The van der Waals surface area contributed by atoms with Gasteiger partial charge in [0.15, 0.2) is 5.82 Å². The van der Waals surface area contributed by atoms with Crippen molar-refractivity contribution in [1.29, 1.82) is 0 Å². The summed E-state index contributed by atoms with van der Waals surface area (Å²) in [4.78, 5) is 26.5. The third-order valence-corrected chi connectivity index (χ3v) is 5.07. The maximum Gasteiger partial charge on any atom is 0.293 e. The molecular formula is C23H32N6O5. The number of rotatable bonds is 14. The fourth-order valence-electron chi connectivity index (χ4n) is 3.30. The Bertz CT molecular complexity index is 1110. The number of hydrogen-bond acceptors (Lipinski definition) is 10. The van der Waals surface area contributed by atoms with Crippen molar-refractivity contribution in [3.63, 3.8) is 0 Å². The number of ether oxygens (including phenoxy) is 2. The summed E-state index contributed by atoms with van der Waals surface area (Å²) in [5.41, 5.74) is 2.43. The Balaban J connectivity index is 1.86. The van der Waals surface area contributed by atoms with Crippen molar-refractivity contribution in [3.05, 3.63) is 40.9 Å². The first-order valence-electron chi connectivity index (χ1n) is 11.3. The van der Waals surface area contributed by atoms with Gasteiger partial charge in [-0.1, -0.05) is 6.92 Å². The highest BCUT2D eigenvalue weighted by Crippen LogP contribution is 2.22. The lowest BCUT2D eigenvalue weighted by molar-refractivity contribution is 0.0949. The minimum Gasteiger partial charge on any atom is -0.481 e. The van der Waals surface area contributed by atoms with E-state index in [2.05, 4.69) is 25.6 Å². The van der Waals surface area contributed by atoms with Crippen LogP contribution in [0.4, 0.5) is 5.82 Å². The monoisotopic (exact) mass is 472 g/mol. The Morgan fingerprint density at radius 3 is 2.74 bits per heavy atom. The van der Waals surface area contributed by atoms with E-state index >= 15 is 0 Å². The van der Waals surface area contributed by atoms with E-state index in [1.165, 1.54) is 0 Å². The summed E-state index contributed by atoms with van der Waals surface area (Å²) in [6.45, 7) is 4.28. The second-order valence-electron chi connectivity index (χ2n) is 7.64. The zero-order valence-corrected chi connectivity index (χ0v) is 19.5. The molecule has 184 valence electrons. The van der Waals surface area contributed by atoms with Crippen molar-refractivity contribution in [2.24, 2.45) is 0 Å². The molecule has 0 fully saturated rings. The van der Waals surface area contributed by atoms with E-state index in [0.717, 1.165) is 12.0 Å². The van der Waals surface area contributed by atoms with Crippen LogP contribution in [0.3, 0.4) is 0 Å². The van der Waals surface area contributed by atoms with Crippen LogP contribution in [0.2, 0.25) is 0 Å². The molecule has 0 saturated heterocycles. The molecule has 3 heterocycles. The van der Waals surface area contributed by atoms with Crippen molar-refractivity contribution in [3.8, 4) is 17.1 Å². The van der Waals surface area contributed by atoms with E-state index in [9.17, 15) is 9.90 Å². The van der Waals surface area contributed by atoms with Crippen LogP contribution in [-0.4, -0.2) is 82.4 Å². The van der Waals surface area contributed by atoms with E-state index in [1.807, 2.05) is 19.1 Å². The van der Waals surface area contributed by atoms with Crippen LogP contribution >= 0.6 is 0 Å². The van der Waals surface area contributed by atoms with Gasteiger partial charge in [-0.3, -0.25) is 9.78 Å². The van der Waals surface area contributed by atoms with Crippen LogP contribution in [0, 0.1) is 0 Å². The van der Waals surface area contributed by atoms with Crippen molar-refractivity contribution < 1.29 is 19.7 Å². The Labute approximate surface area is 197 Å². The molecule has 0 amide bonds. The second kappa shape index (κ2) is 12.9. The topological polar surface area (TPSA) is 144 Å². The number of anilines is 1. The molecule has 3 rings (SSSR count). The molecule has 0 saturated carbocycles. The van der Waals surface area contributed by atoms with Gasteiger partial charge in [-0.15, -0.1) is 0 Å². The zero-order chi connectivity index (χ0) is 24.3. The molecule has 0 radical (unpaired) electrons. The van der Waals surface area contributed by atoms with E-state index in [-0.39, 0.29) is 24.5 Å². The largest absolute Gasteiger partial charge is 0.481 e. The highest BCUT2D eigenvalue weighted by Gasteiger charge is 2.13. The summed E-state index contributed by atoms with van der Waals surface area (Å²) in [7, 11) is 1.56. The normalized spacial score (nSPS) is 12.1. The van der Waals surface area contributed by atoms with Gasteiger partial charge >= 0.3 is 0 Å². The Kier molecular flexibility index (Phi) is 9.71. The fraction of sp³-hybridized carbons (Fsp3) is 0.478. The number of aromatic nitrogens is 4. The minimum absolute atomic E-state index is 0.216. The van der Waals surface area contributed by atoms with Crippen LogP contribution in [0.15, 0.2) is 35.4 Å². The number of pyridine rings is 2. The summed E-state index contributed by atoms with van der Waals surface area (Å²) in [5.74, 6) is 0.723. The molecule has 0 aromatic carbocycles. The average Bonchev–Trinajstić information content (AvgIpc) is 2.87. The van der Waals surface area contributed by atoms with Gasteiger partial charge in [0.05, 0.1) is 43.8 Å². The van der Waals surface area contributed by atoms with E-state index in [4.69, 9.17) is 14.6 Å². The van der Waals surface area contributed by atoms with Gasteiger partial charge in [0.1, 0.15) is 5.52 Å².